The fourth-order valence-corrected chi connectivity index (χ4v) is 1.56. The molecule has 0 aliphatic rings. The van der Waals surface area contributed by atoms with Crippen molar-refractivity contribution in [1.82, 2.24) is 0 Å². The van der Waals surface area contributed by atoms with Crippen LogP contribution in [0.25, 0.3) is 0 Å². The average molecular weight is 250 g/mol. The standard InChI is InChI=1S/C13H12F2N2O/c1-18-13-5-3-9(15)7-12(13)17-11-6-8(14)2-4-10(11)16/h2-7,17H,16H2,1H3. The van der Waals surface area contributed by atoms with E-state index in [1.54, 1.807) is 0 Å². The molecule has 0 aliphatic heterocycles. The van der Waals surface area contributed by atoms with Gasteiger partial charge in [0.05, 0.1) is 24.2 Å². The summed E-state index contributed by atoms with van der Waals surface area (Å²) in [6.07, 6.45) is 0. The van der Waals surface area contributed by atoms with E-state index in [0.29, 0.717) is 22.8 Å². The molecule has 2 aromatic carbocycles. The topological polar surface area (TPSA) is 47.3 Å². The van der Waals surface area contributed by atoms with Gasteiger partial charge in [-0.25, -0.2) is 8.78 Å². The van der Waals surface area contributed by atoms with Gasteiger partial charge in [-0.1, -0.05) is 0 Å². The Labute approximate surface area is 103 Å². The van der Waals surface area contributed by atoms with Gasteiger partial charge in [-0.15, -0.1) is 0 Å². The van der Waals surface area contributed by atoms with Crippen molar-refractivity contribution in [3.8, 4) is 5.75 Å². The summed E-state index contributed by atoms with van der Waals surface area (Å²) in [5.74, 6) is -0.407. The first-order valence-corrected chi connectivity index (χ1v) is 5.26. The van der Waals surface area contributed by atoms with Gasteiger partial charge in [0.25, 0.3) is 0 Å². The molecule has 0 aliphatic carbocycles. The molecule has 0 unspecified atom stereocenters. The van der Waals surface area contributed by atoms with Crippen LogP contribution in [-0.2, 0) is 0 Å². The van der Waals surface area contributed by atoms with Crippen molar-refractivity contribution in [2.45, 2.75) is 0 Å². The van der Waals surface area contributed by atoms with Crippen molar-refractivity contribution >= 4 is 17.1 Å². The first-order valence-electron chi connectivity index (χ1n) is 5.26. The highest BCUT2D eigenvalue weighted by Crippen LogP contribution is 2.31. The van der Waals surface area contributed by atoms with Crippen molar-refractivity contribution in [2.75, 3.05) is 18.2 Å². The molecule has 0 heterocycles. The van der Waals surface area contributed by atoms with Crippen LogP contribution in [0.2, 0.25) is 0 Å². The van der Waals surface area contributed by atoms with Gasteiger partial charge in [0.1, 0.15) is 17.4 Å². The van der Waals surface area contributed by atoms with Crippen molar-refractivity contribution in [2.24, 2.45) is 0 Å². The van der Waals surface area contributed by atoms with Crippen molar-refractivity contribution in [3.63, 3.8) is 0 Å². The third kappa shape index (κ3) is 2.51. The molecule has 0 fully saturated rings. The molecule has 2 aromatic rings. The summed E-state index contributed by atoms with van der Waals surface area (Å²) < 4.78 is 31.4. The Hall–Kier alpha value is -2.30. The molecule has 2 rings (SSSR count). The SMILES string of the molecule is COc1ccc(F)cc1Nc1cc(F)ccc1N. The highest BCUT2D eigenvalue weighted by Gasteiger charge is 2.07. The Balaban J connectivity index is 2.38. The summed E-state index contributed by atoms with van der Waals surface area (Å²) in [6.45, 7) is 0. The number of anilines is 3. The molecular weight excluding hydrogens is 238 g/mol. The van der Waals surface area contributed by atoms with E-state index in [2.05, 4.69) is 5.32 Å². The molecule has 0 atom stereocenters. The van der Waals surface area contributed by atoms with Crippen LogP contribution in [0.5, 0.6) is 5.75 Å². The van der Waals surface area contributed by atoms with Crippen molar-refractivity contribution in [1.29, 1.82) is 0 Å². The fourth-order valence-electron chi connectivity index (χ4n) is 1.56. The zero-order chi connectivity index (χ0) is 13.1. The molecule has 0 aromatic heterocycles. The lowest BCUT2D eigenvalue weighted by atomic mass is 10.2. The summed E-state index contributed by atoms with van der Waals surface area (Å²) in [5, 5.41) is 2.84. The van der Waals surface area contributed by atoms with E-state index < -0.39 is 11.6 Å². The summed E-state index contributed by atoms with van der Waals surface area (Å²) in [5.41, 5.74) is 6.81. The molecule has 5 heteroatoms. The molecule has 18 heavy (non-hydrogen) atoms. The van der Waals surface area contributed by atoms with E-state index in [4.69, 9.17) is 10.5 Å². The van der Waals surface area contributed by atoms with Crippen LogP contribution in [0.15, 0.2) is 36.4 Å². The number of ether oxygens (including phenoxy) is 1. The van der Waals surface area contributed by atoms with Crippen LogP contribution in [0, 0.1) is 11.6 Å². The minimum absolute atomic E-state index is 0.360. The molecule has 3 N–H and O–H groups in total. The predicted octanol–water partition coefficient (Wildman–Crippen LogP) is 3.30. The zero-order valence-electron chi connectivity index (χ0n) is 9.71. The number of nitrogen functional groups attached to an aromatic ring is 1. The van der Waals surface area contributed by atoms with Crippen LogP contribution < -0.4 is 15.8 Å². The third-order valence-electron chi connectivity index (χ3n) is 2.45. The normalized spacial score (nSPS) is 10.2. The average Bonchev–Trinajstić information content (AvgIpc) is 2.34. The van der Waals surface area contributed by atoms with E-state index in [0.717, 1.165) is 0 Å². The largest absolute Gasteiger partial charge is 0.495 e. The van der Waals surface area contributed by atoms with Crippen LogP contribution in [0.1, 0.15) is 0 Å². The molecule has 0 saturated heterocycles. The number of methoxy groups -OCH3 is 1. The maximum atomic E-state index is 13.2. The lowest BCUT2D eigenvalue weighted by molar-refractivity contribution is 0.416. The Kier molecular flexibility index (Phi) is 3.32. The molecule has 0 saturated carbocycles. The van der Waals surface area contributed by atoms with Crippen molar-refractivity contribution < 1.29 is 13.5 Å². The number of nitrogens with two attached hydrogens (primary N) is 1. The second kappa shape index (κ2) is 4.91. The van der Waals surface area contributed by atoms with Gasteiger partial charge in [0.15, 0.2) is 0 Å². The lowest BCUT2D eigenvalue weighted by Crippen LogP contribution is -1.99. The molecule has 0 spiro atoms. The van der Waals surface area contributed by atoms with E-state index in [1.165, 1.54) is 43.5 Å². The summed E-state index contributed by atoms with van der Waals surface area (Å²) in [7, 11) is 1.47. The number of halogens is 2. The minimum Gasteiger partial charge on any atom is -0.495 e. The van der Waals surface area contributed by atoms with Gasteiger partial charge in [0, 0.05) is 6.07 Å². The monoisotopic (exact) mass is 250 g/mol. The Morgan fingerprint density at radius 3 is 2.28 bits per heavy atom. The summed E-state index contributed by atoms with van der Waals surface area (Å²) in [4.78, 5) is 0. The van der Waals surface area contributed by atoms with Gasteiger partial charge >= 0.3 is 0 Å². The number of benzene rings is 2. The predicted molar refractivity (Wildman–Crippen MR) is 67.0 cm³/mol. The van der Waals surface area contributed by atoms with Crippen LogP contribution in [-0.4, -0.2) is 7.11 Å². The number of rotatable bonds is 3. The minimum atomic E-state index is -0.429. The van der Waals surface area contributed by atoms with Gasteiger partial charge < -0.3 is 15.8 Å². The van der Waals surface area contributed by atoms with Crippen LogP contribution in [0.3, 0.4) is 0 Å². The van der Waals surface area contributed by atoms with Gasteiger partial charge in [-0.2, -0.15) is 0 Å². The molecule has 0 radical (unpaired) electrons. The smallest absolute Gasteiger partial charge is 0.142 e. The third-order valence-corrected chi connectivity index (χ3v) is 2.45. The first-order chi connectivity index (χ1) is 8.60. The quantitative estimate of drug-likeness (QED) is 0.822. The Morgan fingerprint density at radius 2 is 1.61 bits per heavy atom. The Bertz CT molecular complexity index is 573. The van der Waals surface area contributed by atoms with E-state index in [-0.39, 0.29) is 0 Å². The van der Waals surface area contributed by atoms with Crippen LogP contribution in [0.4, 0.5) is 25.8 Å². The second-order valence-corrected chi connectivity index (χ2v) is 3.70. The summed E-state index contributed by atoms with van der Waals surface area (Å²) >= 11 is 0. The molecule has 0 bridgehead atoms. The number of hydrogen-bond acceptors (Lipinski definition) is 3. The highest BCUT2D eigenvalue weighted by molar-refractivity contribution is 5.75. The molecular formula is C13H12F2N2O. The highest BCUT2D eigenvalue weighted by atomic mass is 19.1. The van der Waals surface area contributed by atoms with E-state index in [1.807, 2.05) is 0 Å². The Morgan fingerprint density at radius 1 is 1.00 bits per heavy atom. The maximum absolute atomic E-state index is 13.2. The number of hydrogen-bond donors (Lipinski definition) is 2. The van der Waals surface area contributed by atoms with Crippen molar-refractivity contribution in [3.05, 3.63) is 48.0 Å². The van der Waals surface area contributed by atoms with Gasteiger partial charge in [-0.3, -0.25) is 0 Å². The lowest BCUT2D eigenvalue weighted by Gasteiger charge is -2.13. The van der Waals surface area contributed by atoms with E-state index >= 15 is 0 Å². The first kappa shape index (κ1) is 12.2. The number of nitrogens with one attached hydrogen (secondary N) is 1. The molecule has 94 valence electrons. The molecule has 0 amide bonds. The summed E-state index contributed by atoms with van der Waals surface area (Å²) in [6, 6.07) is 7.93. The zero-order valence-corrected chi connectivity index (χ0v) is 9.71. The van der Waals surface area contributed by atoms with Gasteiger partial charge in [-0.05, 0) is 30.3 Å². The molecule has 3 nitrogen and oxygen atoms in total. The fraction of sp³-hybridized carbons (Fsp3) is 0.0769. The second-order valence-electron chi connectivity index (χ2n) is 3.70. The van der Waals surface area contributed by atoms with Gasteiger partial charge in [0.2, 0.25) is 0 Å². The van der Waals surface area contributed by atoms with E-state index in [9.17, 15) is 8.78 Å². The van der Waals surface area contributed by atoms with Crippen LogP contribution >= 0.6 is 0 Å². The maximum Gasteiger partial charge on any atom is 0.142 e.